The van der Waals surface area contributed by atoms with Gasteiger partial charge in [-0.25, -0.2) is 4.39 Å². The van der Waals surface area contributed by atoms with E-state index < -0.39 is 5.83 Å². The molecule has 3 nitrogen and oxygen atoms in total. The lowest BCUT2D eigenvalue weighted by Gasteiger charge is -1.92. The molecule has 0 spiro atoms. The first-order valence-electron chi connectivity index (χ1n) is 2.79. The van der Waals surface area contributed by atoms with E-state index in [9.17, 15) is 14.0 Å². The van der Waals surface area contributed by atoms with Gasteiger partial charge in [0.05, 0.1) is 0 Å². The van der Waals surface area contributed by atoms with E-state index in [0.717, 1.165) is 6.20 Å². The first-order chi connectivity index (χ1) is 4.81. The number of aldehydes is 2. The van der Waals surface area contributed by atoms with Crippen molar-refractivity contribution in [2.24, 2.45) is 0 Å². The minimum atomic E-state index is -0.870. The van der Waals surface area contributed by atoms with Crippen molar-refractivity contribution in [3.05, 3.63) is 12.0 Å². The number of hydrogen-bond acceptors (Lipinski definition) is 3. The molecule has 0 aromatic heterocycles. The Kier molecular flexibility index (Phi) is 5.23. The Morgan fingerprint density at radius 2 is 2.20 bits per heavy atom. The van der Waals surface area contributed by atoms with Gasteiger partial charge in [-0.15, -0.1) is 0 Å². The van der Waals surface area contributed by atoms with E-state index in [1.165, 1.54) is 0 Å². The van der Waals surface area contributed by atoms with Crippen LogP contribution in [0.4, 0.5) is 4.39 Å². The second-order valence-corrected chi connectivity index (χ2v) is 1.56. The molecular weight excluding hydrogens is 137 g/mol. The molecule has 1 N–H and O–H groups in total. The summed E-state index contributed by atoms with van der Waals surface area (Å²) in [7, 11) is 0. The number of carbonyl (C=O) groups excluding carboxylic acids is 2. The third-order valence-electron chi connectivity index (χ3n) is 0.759. The van der Waals surface area contributed by atoms with Crippen molar-refractivity contribution in [1.29, 1.82) is 0 Å². The van der Waals surface area contributed by atoms with E-state index in [-0.39, 0.29) is 6.29 Å². The number of nitrogens with one attached hydrogen (secondary N) is 1. The Hall–Kier alpha value is -1.19. The molecule has 0 rings (SSSR count). The summed E-state index contributed by atoms with van der Waals surface area (Å²) in [5, 5.41) is 2.44. The molecule has 0 fully saturated rings. The number of carbonyl (C=O) groups is 2. The molecule has 0 bridgehead atoms. The molecule has 56 valence electrons. The molecule has 0 aliphatic carbocycles. The van der Waals surface area contributed by atoms with Crippen LogP contribution in [0.5, 0.6) is 0 Å². The van der Waals surface area contributed by atoms with Crippen LogP contribution in [0, 0.1) is 0 Å². The summed E-state index contributed by atoms with van der Waals surface area (Å²) in [6.07, 6.45) is 2.03. The van der Waals surface area contributed by atoms with Crippen LogP contribution < -0.4 is 5.32 Å². The second kappa shape index (κ2) is 5.94. The van der Waals surface area contributed by atoms with Gasteiger partial charge in [-0.1, -0.05) is 0 Å². The van der Waals surface area contributed by atoms with Gasteiger partial charge in [0.15, 0.2) is 12.1 Å². The summed E-state index contributed by atoms with van der Waals surface area (Å²) in [4.78, 5) is 19.3. The fourth-order valence-electron chi connectivity index (χ4n) is 0.346. The molecule has 0 saturated heterocycles. The maximum Gasteiger partial charge on any atom is 0.179 e. The van der Waals surface area contributed by atoms with Crippen LogP contribution >= 0.6 is 0 Å². The zero-order chi connectivity index (χ0) is 7.82. The first-order valence-corrected chi connectivity index (χ1v) is 2.79. The summed E-state index contributed by atoms with van der Waals surface area (Å²) < 4.78 is 11.9. The van der Waals surface area contributed by atoms with Crippen molar-refractivity contribution in [3.8, 4) is 0 Å². The Morgan fingerprint density at radius 1 is 1.50 bits per heavy atom. The summed E-state index contributed by atoms with van der Waals surface area (Å²) >= 11 is 0. The van der Waals surface area contributed by atoms with Gasteiger partial charge in [-0.05, 0) is 0 Å². The van der Waals surface area contributed by atoms with E-state index in [1.807, 2.05) is 0 Å². The van der Waals surface area contributed by atoms with Gasteiger partial charge in [0.2, 0.25) is 0 Å². The smallest absolute Gasteiger partial charge is 0.179 e. The highest BCUT2D eigenvalue weighted by Crippen LogP contribution is 1.85. The summed E-state index contributed by atoms with van der Waals surface area (Å²) in [6.45, 7) is 0.352. The molecule has 0 radical (unpaired) electrons. The highest BCUT2D eigenvalue weighted by atomic mass is 19.1. The van der Waals surface area contributed by atoms with Crippen LogP contribution in [0.3, 0.4) is 0 Å². The van der Waals surface area contributed by atoms with Crippen LogP contribution in [-0.2, 0) is 9.59 Å². The Balaban J connectivity index is 3.33. The van der Waals surface area contributed by atoms with Crippen molar-refractivity contribution in [3.63, 3.8) is 0 Å². The largest absolute Gasteiger partial charge is 0.388 e. The van der Waals surface area contributed by atoms with E-state index in [4.69, 9.17) is 0 Å². The fraction of sp³-hybridized carbons (Fsp3) is 0.333. The van der Waals surface area contributed by atoms with Gasteiger partial charge >= 0.3 is 0 Å². The lowest BCUT2D eigenvalue weighted by molar-refractivity contribution is -0.107. The predicted molar refractivity (Wildman–Crippen MR) is 33.9 cm³/mol. The molecule has 0 amide bonds. The highest BCUT2D eigenvalue weighted by molar-refractivity contribution is 5.69. The van der Waals surface area contributed by atoms with E-state index in [0.29, 0.717) is 19.3 Å². The second-order valence-electron chi connectivity index (χ2n) is 1.56. The summed E-state index contributed by atoms with van der Waals surface area (Å²) in [6, 6.07) is 0. The lowest BCUT2D eigenvalue weighted by Crippen LogP contribution is -2.07. The third kappa shape index (κ3) is 4.96. The maximum atomic E-state index is 11.9. The van der Waals surface area contributed by atoms with E-state index >= 15 is 0 Å². The molecule has 4 heteroatoms. The van der Waals surface area contributed by atoms with Gasteiger partial charge in [-0.3, -0.25) is 4.79 Å². The van der Waals surface area contributed by atoms with Crippen LogP contribution in [0.1, 0.15) is 6.42 Å². The molecule has 0 atom stereocenters. The van der Waals surface area contributed by atoms with Crippen LogP contribution in [0.25, 0.3) is 0 Å². The van der Waals surface area contributed by atoms with Gasteiger partial charge < -0.3 is 10.1 Å². The molecule has 10 heavy (non-hydrogen) atoms. The topological polar surface area (TPSA) is 46.2 Å². The van der Waals surface area contributed by atoms with Crippen molar-refractivity contribution in [2.45, 2.75) is 6.42 Å². The number of allylic oxidation sites excluding steroid dienone is 1. The lowest BCUT2D eigenvalue weighted by atomic mass is 10.5. The standard InChI is InChI=1S/C6H8FNO2/c7-6(5-10)4-8-2-1-3-9/h3-5,8H,1-2H2/b6-4+. The average molecular weight is 145 g/mol. The number of rotatable bonds is 5. The quantitative estimate of drug-likeness (QED) is 0.341. The van der Waals surface area contributed by atoms with Crippen molar-refractivity contribution >= 4 is 12.6 Å². The fourth-order valence-corrected chi connectivity index (χ4v) is 0.346. The number of halogens is 1. The van der Waals surface area contributed by atoms with Crippen LogP contribution in [-0.4, -0.2) is 19.1 Å². The molecule has 0 aliphatic rings. The van der Waals surface area contributed by atoms with Crippen LogP contribution in [0.15, 0.2) is 12.0 Å². The van der Waals surface area contributed by atoms with Crippen molar-refractivity contribution < 1.29 is 14.0 Å². The Labute approximate surface area is 57.9 Å². The van der Waals surface area contributed by atoms with Crippen molar-refractivity contribution in [1.82, 2.24) is 5.32 Å². The molecule has 0 saturated carbocycles. The van der Waals surface area contributed by atoms with Gasteiger partial charge in [0, 0.05) is 19.2 Å². The summed E-state index contributed by atoms with van der Waals surface area (Å²) in [5.41, 5.74) is 0. The molecule has 0 unspecified atom stereocenters. The third-order valence-corrected chi connectivity index (χ3v) is 0.759. The molecule has 0 aromatic carbocycles. The SMILES string of the molecule is O=CCCN/C=C(/F)C=O. The monoisotopic (exact) mass is 145 g/mol. The van der Waals surface area contributed by atoms with Crippen LogP contribution in [0.2, 0.25) is 0 Å². The van der Waals surface area contributed by atoms with E-state index in [1.54, 1.807) is 0 Å². The molecule has 0 aliphatic heterocycles. The minimum absolute atomic E-state index is 0.0912. The maximum absolute atomic E-state index is 11.9. The first kappa shape index (κ1) is 8.81. The zero-order valence-electron chi connectivity index (χ0n) is 5.34. The minimum Gasteiger partial charge on any atom is -0.388 e. The number of hydrogen-bond donors (Lipinski definition) is 1. The van der Waals surface area contributed by atoms with Gasteiger partial charge in [0.1, 0.15) is 6.29 Å². The van der Waals surface area contributed by atoms with Crippen molar-refractivity contribution in [2.75, 3.05) is 6.54 Å². The highest BCUT2D eigenvalue weighted by Gasteiger charge is 1.86. The van der Waals surface area contributed by atoms with Gasteiger partial charge in [0.25, 0.3) is 0 Å². The zero-order valence-corrected chi connectivity index (χ0v) is 5.34. The Morgan fingerprint density at radius 3 is 2.70 bits per heavy atom. The molecule has 0 aromatic rings. The molecule has 0 heterocycles. The van der Waals surface area contributed by atoms with Gasteiger partial charge in [-0.2, -0.15) is 0 Å². The average Bonchev–Trinajstić information content (AvgIpc) is 1.98. The normalized spacial score (nSPS) is 10.7. The predicted octanol–water partition coefficient (Wildman–Crippen LogP) is 0.175. The van der Waals surface area contributed by atoms with E-state index in [2.05, 4.69) is 5.32 Å². The summed E-state index contributed by atoms with van der Waals surface area (Å²) in [5.74, 6) is -0.870. The molecular formula is C6H8FNO2. The Bertz CT molecular complexity index is 145.